The summed E-state index contributed by atoms with van der Waals surface area (Å²) in [5, 5.41) is 3.51. The van der Waals surface area contributed by atoms with Gasteiger partial charge in [0.15, 0.2) is 0 Å². The van der Waals surface area contributed by atoms with Crippen LogP contribution in [0.2, 0.25) is 0 Å². The molecule has 0 bridgehead atoms. The molecule has 2 aliphatic rings. The zero-order valence-corrected chi connectivity index (χ0v) is 11.3. The van der Waals surface area contributed by atoms with Crippen LogP contribution in [-0.2, 0) is 9.53 Å². The highest BCUT2D eigenvalue weighted by Crippen LogP contribution is 2.43. The van der Waals surface area contributed by atoms with Gasteiger partial charge < -0.3 is 10.1 Å². The Kier molecular flexibility index (Phi) is 3.48. The summed E-state index contributed by atoms with van der Waals surface area (Å²) in [4.78, 5) is 12.5. The Balaban J connectivity index is 2.16. The number of carbonyl (C=O) groups excluding carboxylic acids is 1. The van der Waals surface area contributed by atoms with Gasteiger partial charge in [-0.3, -0.25) is 4.79 Å². The molecule has 1 saturated heterocycles. The van der Waals surface area contributed by atoms with E-state index >= 15 is 0 Å². The van der Waals surface area contributed by atoms with Gasteiger partial charge in [-0.1, -0.05) is 19.3 Å². The van der Waals surface area contributed by atoms with Crippen LogP contribution in [0.3, 0.4) is 0 Å². The van der Waals surface area contributed by atoms with E-state index in [9.17, 15) is 4.79 Å². The first-order valence-corrected chi connectivity index (χ1v) is 6.91. The summed E-state index contributed by atoms with van der Waals surface area (Å²) in [6.45, 7) is 6.82. The molecule has 1 heterocycles. The van der Waals surface area contributed by atoms with Crippen molar-refractivity contribution in [2.24, 2.45) is 5.41 Å². The lowest BCUT2D eigenvalue weighted by Crippen LogP contribution is -2.45. The SMILES string of the molecule is CC(C)(C)OC(=O)[C@@]12CCCCC[C@@H]1NCC2. The summed E-state index contributed by atoms with van der Waals surface area (Å²) >= 11 is 0. The molecule has 2 atom stereocenters. The number of hydrogen-bond acceptors (Lipinski definition) is 3. The summed E-state index contributed by atoms with van der Waals surface area (Å²) in [6, 6.07) is 0.347. The summed E-state index contributed by atoms with van der Waals surface area (Å²) in [5.74, 6) is 0.0295. The van der Waals surface area contributed by atoms with Crippen LogP contribution >= 0.6 is 0 Å². The van der Waals surface area contributed by atoms with Crippen molar-refractivity contribution in [3.05, 3.63) is 0 Å². The van der Waals surface area contributed by atoms with E-state index in [1.54, 1.807) is 0 Å². The van der Waals surface area contributed by atoms with Crippen LogP contribution < -0.4 is 5.32 Å². The molecule has 0 radical (unpaired) electrons. The second-order valence-corrected chi connectivity index (χ2v) is 6.51. The second-order valence-electron chi connectivity index (χ2n) is 6.51. The minimum absolute atomic E-state index is 0.0295. The molecule has 0 spiro atoms. The van der Waals surface area contributed by atoms with Gasteiger partial charge in [0.05, 0.1) is 5.41 Å². The normalized spacial score (nSPS) is 33.9. The third kappa shape index (κ3) is 2.65. The molecule has 2 rings (SSSR count). The molecule has 3 heteroatoms. The predicted octanol–water partition coefficient (Wildman–Crippen LogP) is 2.64. The van der Waals surface area contributed by atoms with Gasteiger partial charge in [0.25, 0.3) is 0 Å². The number of rotatable bonds is 1. The van der Waals surface area contributed by atoms with E-state index in [0.29, 0.717) is 6.04 Å². The maximum Gasteiger partial charge on any atom is 0.314 e. The average molecular weight is 239 g/mol. The largest absolute Gasteiger partial charge is 0.459 e. The zero-order chi connectivity index (χ0) is 12.5. The van der Waals surface area contributed by atoms with Crippen molar-refractivity contribution in [1.82, 2.24) is 5.32 Å². The first kappa shape index (κ1) is 12.9. The molecule has 0 unspecified atom stereocenters. The highest BCUT2D eigenvalue weighted by atomic mass is 16.6. The third-order valence-electron chi connectivity index (χ3n) is 4.05. The van der Waals surface area contributed by atoms with E-state index in [0.717, 1.165) is 32.2 Å². The molecule has 0 amide bonds. The molecular formula is C14H25NO2. The monoisotopic (exact) mass is 239 g/mol. The quantitative estimate of drug-likeness (QED) is 0.715. The van der Waals surface area contributed by atoms with Gasteiger partial charge >= 0.3 is 5.97 Å². The van der Waals surface area contributed by atoms with E-state index in [-0.39, 0.29) is 17.0 Å². The van der Waals surface area contributed by atoms with Crippen molar-refractivity contribution >= 4 is 5.97 Å². The fourth-order valence-corrected chi connectivity index (χ4v) is 3.21. The Morgan fingerprint density at radius 2 is 2.00 bits per heavy atom. The van der Waals surface area contributed by atoms with Crippen LogP contribution in [0.15, 0.2) is 0 Å². The zero-order valence-electron chi connectivity index (χ0n) is 11.3. The molecule has 1 aliphatic heterocycles. The number of fused-ring (bicyclic) bond motifs is 1. The van der Waals surface area contributed by atoms with Crippen LogP contribution in [0.4, 0.5) is 0 Å². The standard InChI is InChI=1S/C14H25NO2/c1-13(2,3)17-12(16)14-8-6-4-5-7-11(14)15-10-9-14/h11,15H,4-10H2,1-3H3/t11-,14+/m0/s1. The number of esters is 1. The smallest absolute Gasteiger partial charge is 0.314 e. The van der Waals surface area contributed by atoms with Gasteiger partial charge in [-0.25, -0.2) is 0 Å². The molecule has 0 aromatic carbocycles. The lowest BCUT2D eigenvalue weighted by molar-refractivity contribution is -0.168. The van der Waals surface area contributed by atoms with Crippen molar-refractivity contribution in [2.75, 3.05) is 6.54 Å². The fourth-order valence-electron chi connectivity index (χ4n) is 3.21. The summed E-state index contributed by atoms with van der Waals surface area (Å²) in [6.07, 6.45) is 6.73. The molecule has 1 saturated carbocycles. The van der Waals surface area contributed by atoms with Crippen molar-refractivity contribution < 1.29 is 9.53 Å². The van der Waals surface area contributed by atoms with Crippen LogP contribution in [0.1, 0.15) is 59.3 Å². The van der Waals surface area contributed by atoms with Crippen LogP contribution in [-0.4, -0.2) is 24.2 Å². The molecule has 2 fully saturated rings. The van der Waals surface area contributed by atoms with Crippen LogP contribution in [0.25, 0.3) is 0 Å². The Hall–Kier alpha value is -0.570. The number of carbonyl (C=O) groups is 1. The Labute approximate surface area is 104 Å². The molecule has 98 valence electrons. The number of hydrogen-bond donors (Lipinski definition) is 1. The lowest BCUT2D eigenvalue weighted by atomic mass is 9.76. The van der Waals surface area contributed by atoms with E-state index in [1.165, 1.54) is 12.8 Å². The lowest BCUT2D eigenvalue weighted by Gasteiger charge is -2.34. The highest BCUT2D eigenvalue weighted by Gasteiger charge is 2.50. The van der Waals surface area contributed by atoms with Crippen molar-refractivity contribution in [3.63, 3.8) is 0 Å². The summed E-state index contributed by atoms with van der Waals surface area (Å²) < 4.78 is 5.66. The highest BCUT2D eigenvalue weighted by molar-refractivity contribution is 5.78. The van der Waals surface area contributed by atoms with Gasteiger partial charge in [0, 0.05) is 6.04 Å². The summed E-state index contributed by atoms with van der Waals surface area (Å²) in [5.41, 5.74) is -0.602. The maximum atomic E-state index is 12.5. The van der Waals surface area contributed by atoms with Gasteiger partial charge in [-0.05, 0) is 46.6 Å². The van der Waals surface area contributed by atoms with E-state index in [2.05, 4.69) is 5.32 Å². The molecule has 17 heavy (non-hydrogen) atoms. The third-order valence-corrected chi connectivity index (χ3v) is 4.05. The molecule has 0 aromatic heterocycles. The molecule has 1 N–H and O–H groups in total. The maximum absolute atomic E-state index is 12.5. The van der Waals surface area contributed by atoms with Gasteiger partial charge in [-0.15, -0.1) is 0 Å². The first-order chi connectivity index (χ1) is 7.94. The van der Waals surface area contributed by atoms with Crippen molar-refractivity contribution in [2.45, 2.75) is 70.9 Å². The molecular weight excluding hydrogens is 214 g/mol. The van der Waals surface area contributed by atoms with Gasteiger partial charge in [0.1, 0.15) is 5.60 Å². The predicted molar refractivity (Wildman–Crippen MR) is 67.8 cm³/mol. The van der Waals surface area contributed by atoms with Crippen LogP contribution in [0, 0.1) is 5.41 Å². The Morgan fingerprint density at radius 1 is 1.24 bits per heavy atom. The van der Waals surface area contributed by atoms with Gasteiger partial charge in [0.2, 0.25) is 0 Å². The molecule has 0 aromatic rings. The Bertz CT molecular complexity index is 295. The van der Waals surface area contributed by atoms with Gasteiger partial charge in [-0.2, -0.15) is 0 Å². The fraction of sp³-hybridized carbons (Fsp3) is 0.929. The van der Waals surface area contributed by atoms with Crippen LogP contribution in [0.5, 0.6) is 0 Å². The molecule has 3 nitrogen and oxygen atoms in total. The van der Waals surface area contributed by atoms with Crippen molar-refractivity contribution in [1.29, 1.82) is 0 Å². The minimum Gasteiger partial charge on any atom is -0.459 e. The molecule has 1 aliphatic carbocycles. The second kappa shape index (κ2) is 4.60. The Morgan fingerprint density at radius 3 is 2.71 bits per heavy atom. The van der Waals surface area contributed by atoms with E-state index in [4.69, 9.17) is 4.74 Å². The van der Waals surface area contributed by atoms with E-state index < -0.39 is 0 Å². The number of ether oxygens (including phenoxy) is 1. The minimum atomic E-state index is -0.370. The number of nitrogens with one attached hydrogen (secondary N) is 1. The topological polar surface area (TPSA) is 38.3 Å². The summed E-state index contributed by atoms with van der Waals surface area (Å²) in [7, 11) is 0. The average Bonchev–Trinajstić information content (AvgIpc) is 2.50. The van der Waals surface area contributed by atoms with E-state index in [1.807, 2.05) is 20.8 Å². The first-order valence-electron chi connectivity index (χ1n) is 6.91. The van der Waals surface area contributed by atoms with Crippen molar-refractivity contribution in [3.8, 4) is 0 Å².